The fourth-order valence-electron chi connectivity index (χ4n) is 3.06. The first kappa shape index (κ1) is 19.8. The molecule has 3 aromatic rings. The van der Waals surface area contributed by atoms with Crippen LogP contribution in [0.3, 0.4) is 0 Å². The highest BCUT2D eigenvalue weighted by Crippen LogP contribution is 2.24. The van der Waals surface area contributed by atoms with Gasteiger partial charge in [0.2, 0.25) is 10.0 Å². The average Bonchev–Trinajstić information content (AvgIpc) is 2.70. The van der Waals surface area contributed by atoms with E-state index in [0.717, 1.165) is 20.3 Å². The van der Waals surface area contributed by atoms with Gasteiger partial charge in [-0.2, -0.15) is 4.72 Å². The van der Waals surface area contributed by atoms with Crippen LogP contribution in [0.1, 0.15) is 22.9 Å². The van der Waals surface area contributed by atoms with Crippen LogP contribution < -0.4 is 16.0 Å². The summed E-state index contributed by atoms with van der Waals surface area (Å²) in [6, 6.07) is 17.5. The third-order valence-electron chi connectivity index (χ3n) is 4.71. The van der Waals surface area contributed by atoms with Gasteiger partial charge in [0.05, 0.1) is 6.04 Å². The molecule has 7 nitrogen and oxygen atoms in total. The lowest BCUT2D eigenvalue weighted by atomic mass is 10.00. The van der Waals surface area contributed by atoms with Crippen LogP contribution >= 0.6 is 0 Å². The summed E-state index contributed by atoms with van der Waals surface area (Å²) in [4.78, 5) is 24.2. The van der Waals surface area contributed by atoms with Crippen LogP contribution in [-0.4, -0.2) is 17.6 Å². The summed E-state index contributed by atoms with van der Waals surface area (Å²) in [6.45, 7) is 1.44. The van der Waals surface area contributed by atoms with E-state index >= 15 is 0 Å². The number of benzene rings is 2. The van der Waals surface area contributed by atoms with E-state index < -0.39 is 32.2 Å². The summed E-state index contributed by atoms with van der Waals surface area (Å²) >= 11 is 0. The molecule has 8 heteroatoms. The Hall–Kier alpha value is -2.97. The zero-order valence-electron chi connectivity index (χ0n) is 15.8. The Labute approximate surface area is 162 Å². The lowest BCUT2D eigenvalue weighted by Crippen LogP contribution is -2.44. The van der Waals surface area contributed by atoms with Crippen molar-refractivity contribution in [2.75, 3.05) is 0 Å². The molecule has 0 spiro atoms. The summed E-state index contributed by atoms with van der Waals surface area (Å²) in [5.74, 6) is 0. The van der Waals surface area contributed by atoms with Crippen LogP contribution in [0.25, 0.3) is 0 Å². The molecule has 146 valence electrons. The largest absolute Gasteiger partial charge is 0.330 e. The summed E-state index contributed by atoms with van der Waals surface area (Å²) < 4.78 is 31.0. The monoisotopic (exact) mass is 399 g/mol. The number of sulfonamides is 1. The van der Waals surface area contributed by atoms with Crippen molar-refractivity contribution >= 4 is 10.0 Å². The molecule has 0 atom stereocenters. The van der Waals surface area contributed by atoms with Crippen LogP contribution in [0.4, 0.5) is 0 Å². The van der Waals surface area contributed by atoms with Crippen LogP contribution in [0.5, 0.6) is 0 Å². The quantitative estimate of drug-likeness (QED) is 0.703. The minimum Gasteiger partial charge on any atom is -0.300 e. The summed E-state index contributed by atoms with van der Waals surface area (Å²) in [6.07, 6.45) is 0. The molecule has 0 amide bonds. The Morgan fingerprint density at radius 3 is 1.75 bits per heavy atom. The summed E-state index contributed by atoms with van der Waals surface area (Å²) in [7, 11) is -1.53. The highest BCUT2D eigenvalue weighted by molar-refractivity contribution is 7.89. The predicted octanol–water partition coefficient (Wildman–Crippen LogP) is 1.46. The van der Waals surface area contributed by atoms with Crippen molar-refractivity contribution in [3.8, 4) is 0 Å². The van der Waals surface area contributed by atoms with Crippen molar-refractivity contribution < 1.29 is 8.42 Å². The molecule has 0 saturated carbocycles. The van der Waals surface area contributed by atoms with Gasteiger partial charge in [-0.3, -0.25) is 13.9 Å². The van der Waals surface area contributed by atoms with Gasteiger partial charge >= 0.3 is 5.69 Å². The van der Waals surface area contributed by atoms with Crippen molar-refractivity contribution in [1.82, 2.24) is 13.9 Å². The molecule has 1 aromatic heterocycles. The fraction of sp³-hybridized carbons (Fsp3) is 0.200. The lowest BCUT2D eigenvalue weighted by Gasteiger charge is -2.21. The summed E-state index contributed by atoms with van der Waals surface area (Å²) in [5.41, 5.74) is 0.116. The van der Waals surface area contributed by atoms with Crippen LogP contribution in [0.2, 0.25) is 0 Å². The molecule has 0 unspecified atom stereocenters. The highest BCUT2D eigenvalue weighted by Gasteiger charge is 2.29. The fourth-order valence-corrected chi connectivity index (χ4v) is 4.65. The standard InChI is InChI=1S/C20H21N3O4S/c1-14-18(19(24)23(3)20(25)22(14)2)28(26,27)21-17(15-10-6-4-7-11-15)16-12-8-5-9-13-16/h4-13,17,21H,1-3H3. The molecule has 0 aliphatic rings. The second kappa shape index (κ2) is 7.57. The Bertz CT molecular complexity index is 1170. The summed E-state index contributed by atoms with van der Waals surface area (Å²) in [5, 5.41) is 0. The number of aromatic nitrogens is 2. The van der Waals surface area contributed by atoms with Gasteiger partial charge in [0, 0.05) is 19.8 Å². The topological polar surface area (TPSA) is 90.2 Å². The Morgan fingerprint density at radius 1 is 0.821 bits per heavy atom. The van der Waals surface area contributed by atoms with Crippen molar-refractivity contribution in [3.05, 3.63) is 98.3 Å². The predicted molar refractivity (Wildman–Crippen MR) is 107 cm³/mol. The van der Waals surface area contributed by atoms with Crippen LogP contribution in [0.15, 0.2) is 75.1 Å². The lowest BCUT2D eigenvalue weighted by molar-refractivity contribution is 0.558. The number of rotatable bonds is 5. The van der Waals surface area contributed by atoms with E-state index in [1.807, 2.05) is 60.7 Å². The first-order chi connectivity index (χ1) is 13.2. The normalized spacial score (nSPS) is 11.7. The number of nitrogens with zero attached hydrogens (tertiary/aromatic N) is 2. The van der Waals surface area contributed by atoms with E-state index in [9.17, 15) is 18.0 Å². The number of hydrogen-bond acceptors (Lipinski definition) is 4. The van der Waals surface area contributed by atoms with Gasteiger partial charge in [-0.05, 0) is 18.1 Å². The molecule has 0 fully saturated rings. The molecular formula is C20H21N3O4S. The smallest absolute Gasteiger partial charge is 0.300 e. The zero-order valence-corrected chi connectivity index (χ0v) is 16.6. The first-order valence-corrected chi connectivity index (χ1v) is 10.1. The molecular weight excluding hydrogens is 378 g/mol. The zero-order chi connectivity index (χ0) is 20.5. The van der Waals surface area contributed by atoms with Gasteiger partial charge in [-0.25, -0.2) is 13.2 Å². The van der Waals surface area contributed by atoms with Gasteiger partial charge in [-0.15, -0.1) is 0 Å². The van der Waals surface area contributed by atoms with Crippen molar-refractivity contribution in [3.63, 3.8) is 0 Å². The second-order valence-electron chi connectivity index (χ2n) is 6.50. The molecule has 3 rings (SSSR count). The van der Waals surface area contributed by atoms with Crippen molar-refractivity contribution in [2.24, 2.45) is 14.1 Å². The second-order valence-corrected chi connectivity index (χ2v) is 8.15. The van der Waals surface area contributed by atoms with E-state index in [4.69, 9.17) is 0 Å². The minimum absolute atomic E-state index is 0.0838. The van der Waals surface area contributed by atoms with Crippen LogP contribution in [0, 0.1) is 6.92 Å². The molecule has 28 heavy (non-hydrogen) atoms. The SMILES string of the molecule is Cc1c(S(=O)(=O)NC(c2ccccc2)c2ccccc2)c(=O)n(C)c(=O)n1C. The van der Waals surface area contributed by atoms with E-state index in [-0.39, 0.29) is 5.69 Å². The minimum atomic E-state index is -4.22. The molecule has 0 aliphatic carbocycles. The third kappa shape index (κ3) is 3.56. The average molecular weight is 399 g/mol. The number of hydrogen-bond donors (Lipinski definition) is 1. The van der Waals surface area contributed by atoms with E-state index in [1.54, 1.807) is 0 Å². The molecule has 0 saturated heterocycles. The van der Waals surface area contributed by atoms with Gasteiger partial charge in [0.1, 0.15) is 0 Å². The maximum Gasteiger partial charge on any atom is 0.330 e. The Morgan fingerprint density at radius 2 is 1.29 bits per heavy atom. The third-order valence-corrected chi connectivity index (χ3v) is 6.27. The molecule has 2 aromatic carbocycles. The molecule has 0 aliphatic heterocycles. The molecule has 0 radical (unpaired) electrons. The van der Waals surface area contributed by atoms with Crippen molar-refractivity contribution in [2.45, 2.75) is 17.9 Å². The van der Waals surface area contributed by atoms with Gasteiger partial charge in [0.25, 0.3) is 5.56 Å². The van der Waals surface area contributed by atoms with Gasteiger partial charge in [-0.1, -0.05) is 60.7 Å². The van der Waals surface area contributed by atoms with E-state index in [0.29, 0.717) is 0 Å². The maximum absolute atomic E-state index is 13.2. The maximum atomic E-state index is 13.2. The van der Waals surface area contributed by atoms with E-state index in [1.165, 1.54) is 21.0 Å². The van der Waals surface area contributed by atoms with Gasteiger partial charge < -0.3 is 0 Å². The molecule has 1 N–H and O–H groups in total. The molecule has 0 bridgehead atoms. The Balaban J connectivity index is 2.17. The van der Waals surface area contributed by atoms with E-state index in [2.05, 4.69) is 4.72 Å². The van der Waals surface area contributed by atoms with Crippen LogP contribution in [-0.2, 0) is 24.1 Å². The van der Waals surface area contributed by atoms with Crippen molar-refractivity contribution in [1.29, 1.82) is 0 Å². The highest BCUT2D eigenvalue weighted by atomic mass is 32.2. The number of nitrogens with one attached hydrogen (secondary N) is 1. The van der Waals surface area contributed by atoms with Gasteiger partial charge in [0.15, 0.2) is 4.90 Å². The molecule has 1 heterocycles. The Kier molecular flexibility index (Phi) is 5.35. The first-order valence-electron chi connectivity index (χ1n) is 8.63.